The maximum Gasteiger partial charge on any atom is 0.0250 e. The standard InChI is InChI=1S/C22H19Br/c1-15-12-21-19(8-5-9-22(21)23)20(15)14-16-10-11-18(13-16)17-6-3-2-4-7-17/h2-9,11-13,20H,10,14H2,1H3. The van der Waals surface area contributed by atoms with Crippen molar-refractivity contribution in [2.24, 2.45) is 0 Å². The van der Waals surface area contributed by atoms with E-state index in [1.54, 1.807) is 0 Å². The van der Waals surface area contributed by atoms with Gasteiger partial charge < -0.3 is 0 Å². The van der Waals surface area contributed by atoms with Gasteiger partial charge in [0.2, 0.25) is 0 Å². The van der Waals surface area contributed by atoms with Gasteiger partial charge in [0.15, 0.2) is 0 Å². The maximum atomic E-state index is 3.69. The fraction of sp³-hybridized carbons (Fsp3) is 0.182. The number of fused-ring (bicyclic) bond motifs is 1. The summed E-state index contributed by atoms with van der Waals surface area (Å²) >= 11 is 3.69. The van der Waals surface area contributed by atoms with Gasteiger partial charge in [0.1, 0.15) is 0 Å². The van der Waals surface area contributed by atoms with Gasteiger partial charge in [-0.25, -0.2) is 0 Å². The van der Waals surface area contributed by atoms with Crippen molar-refractivity contribution in [3.05, 3.63) is 93.0 Å². The number of benzene rings is 2. The van der Waals surface area contributed by atoms with E-state index in [4.69, 9.17) is 0 Å². The highest BCUT2D eigenvalue weighted by Crippen LogP contribution is 2.44. The monoisotopic (exact) mass is 362 g/mol. The average Bonchev–Trinajstić information content (AvgIpc) is 3.16. The van der Waals surface area contributed by atoms with Crippen LogP contribution in [-0.4, -0.2) is 0 Å². The smallest absolute Gasteiger partial charge is 0.0250 e. The van der Waals surface area contributed by atoms with Crippen LogP contribution >= 0.6 is 15.9 Å². The van der Waals surface area contributed by atoms with Gasteiger partial charge in [0.05, 0.1) is 0 Å². The van der Waals surface area contributed by atoms with Gasteiger partial charge in [-0.15, -0.1) is 0 Å². The molecule has 0 N–H and O–H groups in total. The van der Waals surface area contributed by atoms with Gasteiger partial charge in [-0.2, -0.15) is 0 Å². The van der Waals surface area contributed by atoms with Crippen LogP contribution in [0.5, 0.6) is 0 Å². The van der Waals surface area contributed by atoms with E-state index >= 15 is 0 Å². The van der Waals surface area contributed by atoms with Crippen LogP contribution in [0.25, 0.3) is 11.6 Å². The van der Waals surface area contributed by atoms with Crippen molar-refractivity contribution >= 4 is 27.6 Å². The van der Waals surface area contributed by atoms with E-state index in [1.165, 1.54) is 37.9 Å². The zero-order chi connectivity index (χ0) is 15.8. The third-order valence-corrected chi connectivity index (χ3v) is 5.59. The Morgan fingerprint density at radius 2 is 1.83 bits per heavy atom. The Morgan fingerprint density at radius 1 is 1.00 bits per heavy atom. The highest BCUT2D eigenvalue weighted by atomic mass is 79.9. The summed E-state index contributed by atoms with van der Waals surface area (Å²) in [6.45, 7) is 2.26. The summed E-state index contributed by atoms with van der Waals surface area (Å²) in [5.74, 6) is 0.525. The quantitative estimate of drug-likeness (QED) is 0.566. The second kappa shape index (κ2) is 5.98. The van der Waals surface area contributed by atoms with Crippen molar-refractivity contribution in [3.8, 4) is 0 Å². The van der Waals surface area contributed by atoms with Crippen LogP contribution in [0.3, 0.4) is 0 Å². The van der Waals surface area contributed by atoms with Gasteiger partial charge in [0.25, 0.3) is 0 Å². The lowest BCUT2D eigenvalue weighted by Gasteiger charge is -2.15. The second-order valence-corrected chi connectivity index (χ2v) is 7.27. The van der Waals surface area contributed by atoms with Crippen LogP contribution in [-0.2, 0) is 0 Å². The highest BCUT2D eigenvalue weighted by Gasteiger charge is 2.25. The van der Waals surface area contributed by atoms with Crippen molar-refractivity contribution in [1.29, 1.82) is 0 Å². The molecule has 0 bridgehead atoms. The number of halogens is 1. The van der Waals surface area contributed by atoms with Crippen LogP contribution in [0.2, 0.25) is 0 Å². The van der Waals surface area contributed by atoms with Crippen molar-refractivity contribution < 1.29 is 0 Å². The van der Waals surface area contributed by atoms with Crippen molar-refractivity contribution in [2.45, 2.75) is 25.7 Å². The van der Waals surface area contributed by atoms with E-state index in [2.05, 4.69) is 89.6 Å². The Bertz CT molecular complexity index is 838. The molecule has 0 nitrogen and oxygen atoms in total. The minimum absolute atomic E-state index is 0.525. The molecular weight excluding hydrogens is 344 g/mol. The summed E-state index contributed by atoms with van der Waals surface area (Å²) in [4.78, 5) is 0. The van der Waals surface area contributed by atoms with Crippen LogP contribution in [0.15, 0.2) is 76.3 Å². The molecule has 0 aromatic heterocycles. The molecule has 1 heteroatoms. The third-order valence-electron chi connectivity index (χ3n) is 4.90. The predicted octanol–water partition coefficient (Wildman–Crippen LogP) is 6.75. The van der Waals surface area contributed by atoms with E-state index < -0.39 is 0 Å². The molecule has 1 unspecified atom stereocenters. The van der Waals surface area contributed by atoms with Crippen molar-refractivity contribution in [1.82, 2.24) is 0 Å². The topological polar surface area (TPSA) is 0 Å². The largest absolute Gasteiger partial charge is 0.0726 e. The minimum Gasteiger partial charge on any atom is -0.0726 e. The molecule has 2 aromatic rings. The summed E-state index contributed by atoms with van der Waals surface area (Å²) in [5, 5.41) is 0. The molecule has 0 saturated carbocycles. The first-order chi connectivity index (χ1) is 11.2. The zero-order valence-corrected chi connectivity index (χ0v) is 14.8. The molecule has 0 spiro atoms. The lowest BCUT2D eigenvalue weighted by Crippen LogP contribution is -1.98. The molecule has 0 saturated heterocycles. The van der Waals surface area contributed by atoms with Crippen molar-refractivity contribution in [3.63, 3.8) is 0 Å². The zero-order valence-electron chi connectivity index (χ0n) is 13.2. The lowest BCUT2D eigenvalue weighted by molar-refractivity contribution is 0.784. The number of hydrogen-bond acceptors (Lipinski definition) is 0. The van der Waals surface area contributed by atoms with Crippen LogP contribution in [0.1, 0.15) is 42.4 Å². The summed E-state index contributed by atoms with van der Waals surface area (Å²) in [7, 11) is 0. The molecule has 4 rings (SSSR count). The lowest BCUT2D eigenvalue weighted by atomic mass is 9.89. The third kappa shape index (κ3) is 2.74. The Kier molecular flexibility index (Phi) is 3.82. The summed E-state index contributed by atoms with van der Waals surface area (Å²) in [6, 6.07) is 17.2. The molecule has 2 aromatic carbocycles. The average molecular weight is 363 g/mol. The van der Waals surface area contributed by atoms with Gasteiger partial charge in [-0.05, 0) is 48.1 Å². The SMILES string of the molecule is CC1=Cc2c(Br)cccc2C1CC1=CC(c2ccccc2)=CC1. The Morgan fingerprint density at radius 3 is 2.65 bits per heavy atom. The van der Waals surface area contributed by atoms with E-state index in [0.29, 0.717) is 5.92 Å². The van der Waals surface area contributed by atoms with Crippen LogP contribution < -0.4 is 0 Å². The predicted molar refractivity (Wildman–Crippen MR) is 102 cm³/mol. The number of rotatable bonds is 3. The Balaban J connectivity index is 1.57. The summed E-state index contributed by atoms with van der Waals surface area (Å²) in [5.41, 5.74) is 8.53. The second-order valence-electron chi connectivity index (χ2n) is 6.42. The Hall–Kier alpha value is -1.86. The van der Waals surface area contributed by atoms with Gasteiger partial charge in [0, 0.05) is 10.4 Å². The summed E-state index contributed by atoms with van der Waals surface area (Å²) in [6.07, 6.45) is 9.29. The molecule has 2 aliphatic carbocycles. The fourth-order valence-corrected chi connectivity index (χ4v) is 4.17. The summed E-state index contributed by atoms with van der Waals surface area (Å²) < 4.78 is 1.21. The first-order valence-electron chi connectivity index (χ1n) is 8.14. The van der Waals surface area contributed by atoms with E-state index in [-0.39, 0.29) is 0 Å². The van der Waals surface area contributed by atoms with Crippen LogP contribution in [0.4, 0.5) is 0 Å². The van der Waals surface area contributed by atoms with Gasteiger partial charge in [-0.3, -0.25) is 0 Å². The van der Waals surface area contributed by atoms with E-state index in [1.807, 2.05) is 0 Å². The minimum atomic E-state index is 0.525. The van der Waals surface area contributed by atoms with Gasteiger partial charge >= 0.3 is 0 Å². The molecule has 1 atom stereocenters. The van der Waals surface area contributed by atoms with E-state index in [9.17, 15) is 0 Å². The molecule has 23 heavy (non-hydrogen) atoms. The molecule has 0 radical (unpaired) electrons. The molecule has 2 aliphatic rings. The molecule has 0 aliphatic heterocycles. The van der Waals surface area contributed by atoms with E-state index in [0.717, 1.165) is 12.8 Å². The van der Waals surface area contributed by atoms with Gasteiger partial charge in [-0.1, -0.05) is 87.8 Å². The normalized spacial score (nSPS) is 19.2. The first-order valence-corrected chi connectivity index (χ1v) is 8.93. The number of allylic oxidation sites excluding steroid dienone is 5. The van der Waals surface area contributed by atoms with Crippen LogP contribution in [0, 0.1) is 0 Å². The molecule has 0 amide bonds. The molecule has 114 valence electrons. The maximum absolute atomic E-state index is 3.69. The highest BCUT2D eigenvalue weighted by molar-refractivity contribution is 9.10. The molecular formula is C22H19Br. The van der Waals surface area contributed by atoms with Crippen molar-refractivity contribution in [2.75, 3.05) is 0 Å². The molecule has 0 heterocycles. The Labute approximate surface area is 146 Å². The first kappa shape index (κ1) is 14.7. The molecule has 0 fully saturated rings. The number of hydrogen-bond donors (Lipinski definition) is 0. The fourth-order valence-electron chi connectivity index (χ4n) is 3.67.